The summed E-state index contributed by atoms with van der Waals surface area (Å²) in [6.07, 6.45) is 8.89. The fraction of sp³-hybridized carbons (Fsp3) is 0.375. The van der Waals surface area contributed by atoms with Gasteiger partial charge in [-0.25, -0.2) is 8.42 Å². The summed E-state index contributed by atoms with van der Waals surface area (Å²) in [5.41, 5.74) is 0.813. The van der Waals surface area contributed by atoms with E-state index in [9.17, 15) is 18.0 Å². The molecule has 2 N–H and O–H groups in total. The monoisotopic (exact) mass is 468 g/mol. The fourth-order valence-electron chi connectivity index (χ4n) is 4.23. The highest BCUT2D eigenvalue weighted by atomic mass is 32.2. The summed E-state index contributed by atoms with van der Waals surface area (Å²) in [5, 5.41) is 2.91. The van der Waals surface area contributed by atoms with E-state index in [1.165, 1.54) is 22.6 Å². The summed E-state index contributed by atoms with van der Waals surface area (Å²) in [5.74, 6) is -0.465. The molecule has 1 saturated heterocycles. The predicted octanol–water partition coefficient (Wildman–Crippen LogP) is 3.37. The van der Waals surface area contributed by atoms with E-state index >= 15 is 0 Å². The number of fused-ring (bicyclic) bond motifs is 1. The summed E-state index contributed by atoms with van der Waals surface area (Å²) < 4.78 is 28.8. The van der Waals surface area contributed by atoms with Gasteiger partial charge >= 0.3 is 0 Å². The number of aromatic nitrogens is 2. The van der Waals surface area contributed by atoms with E-state index in [4.69, 9.17) is 0 Å². The largest absolute Gasteiger partial charge is 0.360 e. The number of unbranched alkanes of at least 4 members (excludes halogenated alkanes) is 1. The Bertz CT molecular complexity index is 1310. The number of rotatable bonds is 7. The zero-order valence-corrected chi connectivity index (χ0v) is 19.4. The number of carbonyl (C=O) groups excluding carboxylic acids is 1. The van der Waals surface area contributed by atoms with Gasteiger partial charge in [0.25, 0.3) is 5.91 Å². The molecule has 9 heteroatoms. The zero-order valence-electron chi connectivity index (χ0n) is 18.6. The number of H-pyrrole nitrogens is 1. The van der Waals surface area contributed by atoms with Crippen LogP contribution in [0.2, 0.25) is 0 Å². The molecule has 1 atom stereocenters. The topological polar surface area (TPSA) is 112 Å². The summed E-state index contributed by atoms with van der Waals surface area (Å²) in [4.78, 5) is 32.6. The van der Waals surface area contributed by atoms with Crippen LogP contribution in [-0.4, -0.2) is 41.7 Å². The molecule has 174 valence electrons. The number of aromatic amines is 1. The van der Waals surface area contributed by atoms with E-state index in [2.05, 4.69) is 15.3 Å². The van der Waals surface area contributed by atoms with Crippen molar-refractivity contribution in [2.24, 2.45) is 0 Å². The van der Waals surface area contributed by atoms with Gasteiger partial charge in [-0.05, 0) is 49.1 Å². The van der Waals surface area contributed by atoms with Gasteiger partial charge in [-0.15, -0.1) is 0 Å². The van der Waals surface area contributed by atoms with Crippen LogP contribution in [-0.2, 0) is 10.0 Å². The molecule has 3 heterocycles. The number of hydrogen-bond acceptors (Lipinski definition) is 5. The maximum Gasteiger partial charge on any atom is 0.256 e. The number of piperidine rings is 1. The highest BCUT2D eigenvalue weighted by molar-refractivity contribution is 7.89. The van der Waals surface area contributed by atoms with Crippen molar-refractivity contribution >= 4 is 26.8 Å². The molecule has 0 aliphatic carbocycles. The minimum absolute atomic E-state index is 0.0284. The van der Waals surface area contributed by atoms with Gasteiger partial charge in [0.2, 0.25) is 15.5 Å². The molecule has 2 aromatic heterocycles. The third kappa shape index (κ3) is 4.69. The molecule has 8 nitrogen and oxygen atoms in total. The van der Waals surface area contributed by atoms with Crippen molar-refractivity contribution in [3.63, 3.8) is 0 Å². The van der Waals surface area contributed by atoms with Crippen LogP contribution >= 0.6 is 0 Å². The van der Waals surface area contributed by atoms with Crippen LogP contribution in [0.5, 0.6) is 0 Å². The SMILES string of the molecule is CCCCNC(=O)c1c[nH]c2ccc(S(=O)(=O)N3CCCCC3c3cccnc3)cc2c1=O. The molecule has 3 aromatic rings. The van der Waals surface area contributed by atoms with Gasteiger partial charge in [0, 0.05) is 42.6 Å². The van der Waals surface area contributed by atoms with Gasteiger partial charge in [0.05, 0.1) is 10.9 Å². The molecule has 0 bridgehead atoms. The molecule has 1 aliphatic rings. The van der Waals surface area contributed by atoms with Crippen LogP contribution < -0.4 is 10.7 Å². The van der Waals surface area contributed by atoms with Crippen LogP contribution in [0.25, 0.3) is 10.9 Å². The smallest absolute Gasteiger partial charge is 0.256 e. The van der Waals surface area contributed by atoms with Crippen molar-refractivity contribution in [1.82, 2.24) is 19.6 Å². The van der Waals surface area contributed by atoms with Crippen LogP contribution in [0.4, 0.5) is 0 Å². The van der Waals surface area contributed by atoms with E-state index in [1.54, 1.807) is 24.5 Å². The molecule has 0 spiro atoms. The second kappa shape index (κ2) is 9.84. The lowest BCUT2D eigenvalue weighted by molar-refractivity contribution is 0.0952. The Morgan fingerprint density at radius 2 is 2.12 bits per heavy atom. The van der Waals surface area contributed by atoms with Gasteiger partial charge in [-0.2, -0.15) is 4.31 Å². The van der Waals surface area contributed by atoms with Crippen molar-refractivity contribution in [3.05, 3.63) is 70.3 Å². The minimum Gasteiger partial charge on any atom is -0.360 e. The third-order valence-corrected chi connectivity index (χ3v) is 7.95. The summed E-state index contributed by atoms with van der Waals surface area (Å²) in [7, 11) is -3.87. The normalized spacial score (nSPS) is 17.2. The third-order valence-electron chi connectivity index (χ3n) is 6.04. The molecule has 1 fully saturated rings. The highest BCUT2D eigenvalue weighted by Gasteiger charge is 2.34. The number of benzene rings is 1. The number of sulfonamides is 1. The molecule has 1 amide bonds. The van der Waals surface area contributed by atoms with Crippen molar-refractivity contribution in [3.8, 4) is 0 Å². The minimum atomic E-state index is -3.87. The lowest BCUT2D eigenvalue weighted by Crippen LogP contribution is -2.38. The maximum absolute atomic E-state index is 13.6. The molecule has 0 saturated carbocycles. The lowest BCUT2D eigenvalue weighted by Gasteiger charge is -2.34. The van der Waals surface area contributed by atoms with E-state index < -0.39 is 21.4 Å². The van der Waals surface area contributed by atoms with E-state index in [-0.39, 0.29) is 21.9 Å². The Balaban J connectivity index is 1.71. The number of amides is 1. The summed E-state index contributed by atoms with van der Waals surface area (Å²) in [6, 6.07) is 7.84. The van der Waals surface area contributed by atoms with Crippen molar-refractivity contribution in [2.45, 2.75) is 50.0 Å². The first-order valence-electron chi connectivity index (χ1n) is 11.3. The Kier molecular flexibility index (Phi) is 6.90. The molecule has 0 radical (unpaired) electrons. The Labute approximate surface area is 193 Å². The van der Waals surface area contributed by atoms with Crippen molar-refractivity contribution < 1.29 is 13.2 Å². The molecular formula is C24H28N4O4S. The standard InChI is InChI=1S/C24H28N4O4S/c1-2-3-12-26-24(30)20-16-27-21-10-9-18(14-19(21)23(20)29)33(31,32)28-13-5-4-8-22(28)17-7-6-11-25-15-17/h6-7,9-11,14-16,22H,2-5,8,12-13H2,1H3,(H,26,30)(H,27,29). The number of nitrogens with one attached hydrogen (secondary N) is 2. The maximum atomic E-state index is 13.6. The zero-order chi connectivity index (χ0) is 23.4. The molecule has 4 rings (SSSR count). The lowest BCUT2D eigenvalue weighted by atomic mass is 9.99. The second-order valence-electron chi connectivity index (χ2n) is 8.26. The van der Waals surface area contributed by atoms with E-state index in [0.717, 1.165) is 31.2 Å². The number of pyridine rings is 2. The predicted molar refractivity (Wildman–Crippen MR) is 127 cm³/mol. The van der Waals surface area contributed by atoms with Crippen molar-refractivity contribution in [2.75, 3.05) is 13.1 Å². The van der Waals surface area contributed by atoms with Crippen LogP contribution in [0, 0.1) is 0 Å². The molecule has 1 aromatic carbocycles. The molecule has 1 unspecified atom stereocenters. The first-order valence-corrected chi connectivity index (χ1v) is 12.7. The second-order valence-corrected chi connectivity index (χ2v) is 10.2. The molecular weight excluding hydrogens is 440 g/mol. The Hall–Kier alpha value is -3.04. The average molecular weight is 469 g/mol. The average Bonchev–Trinajstić information content (AvgIpc) is 2.84. The first-order chi connectivity index (χ1) is 15.9. The van der Waals surface area contributed by atoms with Gasteiger partial charge in [0.1, 0.15) is 5.56 Å². The first kappa shape index (κ1) is 23.1. The van der Waals surface area contributed by atoms with Gasteiger partial charge < -0.3 is 10.3 Å². The van der Waals surface area contributed by atoms with E-state index in [0.29, 0.717) is 25.0 Å². The van der Waals surface area contributed by atoms with E-state index in [1.807, 2.05) is 13.0 Å². The van der Waals surface area contributed by atoms with Gasteiger partial charge in [-0.1, -0.05) is 25.8 Å². The van der Waals surface area contributed by atoms with Crippen molar-refractivity contribution in [1.29, 1.82) is 0 Å². The highest BCUT2D eigenvalue weighted by Crippen LogP contribution is 2.35. The quantitative estimate of drug-likeness (QED) is 0.516. The number of carbonyl (C=O) groups is 1. The molecule has 1 aliphatic heterocycles. The van der Waals surface area contributed by atoms with Crippen LogP contribution in [0.1, 0.15) is 61.0 Å². The number of hydrogen-bond donors (Lipinski definition) is 2. The summed E-state index contributed by atoms with van der Waals surface area (Å²) in [6.45, 7) is 2.89. The Morgan fingerprint density at radius 3 is 2.88 bits per heavy atom. The van der Waals surface area contributed by atoms with Crippen LogP contribution in [0.15, 0.2) is 58.6 Å². The molecule has 33 heavy (non-hydrogen) atoms. The van der Waals surface area contributed by atoms with Gasteiger partial charge in [-0.3, -0.25) is 14.6 Å². The number of nitrogens with zero attached hydrogens (tertiary/aromatic N) is 2. The fourth-order valence-corrected chi connectivity index (χ4v) is 5.94. The van der Waals surface area contributed by atoms with Crippen LogP contribution in [0.3, 0.4) is 0 Å². The summed E-state index contributed by atoms with van der Waals surface area (Å²) >= 11 is 0. The van der Waals surface area contributed by atoms with Gasteiger partial charge in [0.15, 0.2) is 0 Å². The Morgan fingerprint density at radius 1 is 1.27 bits per heavy atom.